The van der Waals surface area contributed by atoms with E-state index in [1.165, 1.54) is 0 Å². The van der Waals surface area contributed by atoms with Gasteiger partial charge < -0.3 is 9.67 Å². The van der Waals surface area contributed by atoms with Crippen LogP contribution in [0.3, 0.4) is 0 Å². The fraction of sp³-hybridized carbons (Fsp3) is 0.222. The van der Waals surface area contributed by atoms with E-state index in [1.807, 2.05) is 22.8 Å². The Labute approximate surface area is 80.6 Å². The SMILES string of the molecule is OCCn1cnc2cccc(Cl)c21. The molecule has 0 saturated heterocycles. The molecule has 1 heterocycles. The number of aliphatic hydroxyl groups is 1. The Morgan fingerprint density at radius 1 is 1.46 bits per heavy atom. The van der Waals surface area contributed by atoms with Crippen LogP contribution in [-0.2, 0) is 6.54 Å². The number of hydrogen-bond acceptors (Lipinski definition) is 2. The van der Waals surface area contributed by atoms with Crippen molar-refractivity contribution in [3.8, 4) is 0 Å². The second-order valence-corrected chi connectivity index (χ2v) is 3.18. The molecule has 0 bridgehead atoms. The fourth-order valence-electron chi connectivity index (χ4n) is 1.36. The maximum atomic E-state index is 8.80. The third kappa shape index (κ3) is 1.41. The molecule has 0 spiro atoms. The van der Waals surface area contributed by atoms with E-state index in [-0.39, 0.29) is 6.61 Å². The zero-order valence-corrected chi connectivity index (χ0v) is 7.70. The Hall–Kier alpha value is -1.06. The van der Waals surface area contributed by atoms with Crippen molar-refractivity contribution in [2.45, 2.75) is 6.54 Å². The van der Waals surface area contributed by atoms with Crippen LogP contribution in [0.4, 0.5) is 0 Å². The summed E-state index contributed by atoms with van der Waals surface area (Å²) >= 11 is 6.00. The second-order valence-electron chi connectivity index (χ2n) is 2.77. The van der Waals surface area contributed by atoms with Gasteiger partial charge in [0.05, 0.1) is 29.0 Å². The van der Waals surface area contributed by atoms with Gasteiger partial charge in [-0.1, -0.05) is 17.7 Å². The maximum absolute atomic E-state index is 8.80. The molecular formula is C9H9ClN2O. The first-order chi connectivity index (χ1) is 6.33. The largest absolute Gasteiger partial charge is 0.395 e. The molecule has 13 heavy (non-hydrogen) atoms. The van der Waals surface area contributed by atoms with Crippen LogP contribution in [-0.4, -0.2) is 21.3 Å². The van der Waals surface area contributed by atoms with Crippen molar-refractivity contribution < 1.29 is 5.11 Å². The molecule has 2 rings (SSSR count). The minimum Gasteiger partial charge on any atom is -0.395 e. The lowest BCUT2D eigenvalue weighted by Gasteiger charge is -2.01. The Balaban J connectivity index is 2.64. The Kier molecular flexibility index (Phi) is 2.20. The van der Waals surface area contributed by atoms with Crippen LogP contribution in [0.2, 0.25) is 5.02 Å². The topological polar surface area (TPSA) is 38.0 Å². The van der Waals surface area contributed by atoms with Crippen LogP contribution < -0.4 is 0 Å². The van der Waals surface area contributed by atoms with Crippen LogP contribution in [0.1, 0.15) is 0 Å². The quantitative estimate of drug-likeness (QED) is 0.794. The molecular weight excluding hydrogens is 188 g/mol. The Morgan fingerprint density at radius 2 is 2.31 bits per heavy atom. The van der Waals surface area contributed by atoms with E-state index in [0.29, 0.717) is 11.6 Å². The molecule has 3 nitrogen and oxygen atoms in total. The standard InChI is InChI=1S/C9H9ClN2O/c10-7-2-1-3-8-9(7)12(4-5-13)6-11-8/h1-3,6,13H,4-5H2. The van der Waals surface area contributed by atoms with Crippen molar-refractivity contribution in [1.29, 1.82) is 0 Å². The number of nitrogens with zero attached hydrogens (tertiary/aromatic N) is 2. The lowest BCUT2D eigenvalue weighted by atomic mass is 10.3. The van der Waals surface area contributed by atoms with Gasteiger partial charge in [-0.25, -0.2) is 4.98 Å². The van der Waals surface area contributed by atoms with E-state index < -0.39 is 0 Å². The molecule has 0 aliphatic rings. The van der Waals surface area contributed by atoms with Crippen molar-refractivity contribution in [2.75, 3.05) is 6.61 Å². The third-order valence-corrected chi connectivity index (χ3v) is 2.23. The van der Waals surface area contributed by atoms with Gasteiger partial charge in [0.25, 0.3) is 0 Å². The average Bonchev–Trinajstić information content (AvgIpc) is 2.51. The highest BCUT2D eigenvalue weighted by molar-refractivity contribution is 6.34. The monoisotopic (exact) mass is 196 g/mol. The summed E-state index contributed by atoms with van der Waals surface area (Å²) in [5, 5.41) is 9.47. The van der Waals surface area contributed by atoms with Crippen LogP contribution in [0, 0.1) is 0 Å². The molecule has 0 amide bonds. The van der Waals surface area contributed by atoms with Crippen LogP contribution in [0.5, 0.6) is 0 Å². The highest BCUT2D eigenvalue weighted by atomic mass is 35.5. The number of para-hydroxylation sites is 1. The van der Waals surface area contributed by atoms with Gasteiger partial charge in [-0.3, -0.25) is 0 Å². The summed E-state index contributed by atoms with van der Waals surface area (Å²) in [5.41, 5.74) is 1.75. The number of imidazole rings is 1. The summed E-state index contributed by atoms with van der Waals surface area (Å²) in [5.74, 6) is 0. The molecule has 0 fully saturated rings. The predicted molar refractivity (Wildman–Crippen MR) is 51.8 cm³/mol. The van der Waals surface area contributed by atoms with E-state index in [1.54, 1.807) is 6.33 Å². The molecule has 1 N–H and O–H groups in total. The van der Waals surface area contributed by atoms with Gasteiger partial charge in [0, 0.05) is 6.54 Å². The highest BCUT2D eigenvalue weighted by Gasteiger charge is 2.04. The molecule has 0 radical (unpaired) electrons. The minimum atomic E-state index is 0.0939. The van der Waals surface area contributed by atoms with Crippen molar-refractivity contribution in [3.05, 3.63) is 29.5 Å². The molecule has 0 atom stereocenters. The van der Waals surface area contributed by atoms with Crippen molar-refractivity contribution in [3.63, 3.8) is 0 Å². The summed E-state index contributed by atoms with van der Waals surface area (Å²) in [4.78, 5) is 4.17. The molecule has 0 saturated carbocycles. The number of aliphatic hydroxyl groups excluding tert-OH is 1. The van der Waals surface area contributed by atoms with Gasteiger partial charge in [-0.15, -0.1) is 0 Å². The lowest BCUT2D eigenvalue weighted by molar-refractivity contribution is 0.278. The number of fused-ring (bicyclic) bond motifs is 1. The van der Waals surface area contributed by atoms with Crippen molar-refractivity contribution in [2.24, 2.45) is 0 Å². The van der Waals surface area contributed by atoms with E-state index in [0.717, 1.165) is 11.0 Å². The molecule has 68 valence electrons. The Bertz CT molecular complexity index is 424. The zero-order valence-electron chi connectivity index (χ0n) is 6.94. The average molecular weight is 197 g/mol. The van der Waals surface area contributed by atoms with Gasteiger partial charge >= 0.3 is 0 Å². The molecule has 1 aromatic carbocycles. The third-order valence-electron chi connectivity index (χ3n) is 1.93. The second kappa shape index (κ2) is 3.36. The number of aromatic nitrogens is 2. The summed E-state index contributed by atoms with van der Waals surface area (Å²) in [6.45, 7) is 0.622. The highest BCUT2D eigenvalue weighted by Crippen LogP contribution is 2.21. The predicted octanol–water partition coefficient (Wildman–Crippen LogP) is 1.68. The molecule has 2 aromatic rings. The molecule has 0 aliphatic heterocycles. The zero-order chi connectivity index (χ0) is 9.26. The lowest BCUT2D eigenvalue weighted by Crippen LogP contribution is -2.00. The molecule has 0 aliphatic carbocycles. The van der Waals surface area contributed by atoms with E-state index >= 15 is 0 Å². The van der Waals surface area contributed by atoms with Gasteiger partial charge in [0.15, 0.2) is 0 Å². The van der Waals surface area contributed by atoms with E-state index in [4.69, 9.17) is 16.7 Å². The molecule has 4 heteroatoms. The van der Waals surface area contributed by atoms with E-state index in [9.17, 15) is 0 Å². The summed E-state index contributed by atoms with van der Waals surface area (Å²) in [6.07, 6.45) is 1.69. The summed E-state index contributed by atoms with van der Waals surface area (Å²) in [7, 11) is 0. The number of rotatable bonds is 2. The number of hydrogen-bond donors (Lipinski definition) is 1. The van der Waals surface area contributed by atoms with Gasteiger partial charge in [0.2, 0.25) is 0 Å². The van der Waals surface area contributed by atoms with Crippen LogP contribution in [0.15, 0.2) is 24.5 Å². The van der Waals surface area contributed by atoms with Crippen LogP contribution >= 0.6 is 11.6 Å². The summed E-state index contributed by atoms with van der Waals surface area (Å²) in [6, 6.07) is 5.58. The van der Waals surface area contributed by atoms with E-state index in [2.05, 4.69) is 4.98 Å². The molecule has 0 unspecified atom stereocenters. The number of halogens is 1. The van der Waals surface area contributed by atoms with Crippen molar-refractivity contribution >= 4 is 22.6 Å². The first-order valence-corrected chi connectivity index (χ1v) is 4.41. The normalized spacial score (nSPS) is 10.9. The fourth-order valence-corrected chi connectivity index (χ4v) is 1.64. The van der Waals surface area contributed by atoms with Gasteiger partial charge in [0.1, 0.15) is 0 Å². The van der Waals surface area contributed by atoms with Gasteiger partial charge in [-0.05, 0) is 12.1 Å². The minimum absolute atomic E-state index is 0.0939. The Morgan fingerprint density at radius 3 is 3.08 bits per heavy atom. The van der Waals surface area contributed by atoms with Gasteiger partial charge in [-0.2, -0.15) is 0 Å². The van der Waals surface area contributed by atoms with Crippen LogP contribution in [0.25, 0.3) is 11.0 Å². The first-order valence-electron chi connectivity index (χ1n) is 4.03. The first kappa shape index (κ1) is 8.53. The maximum Gasteiger partial charge on any atom is 0.0959 e. The van der Waals surface area contributed by atoms with Crippen molar-refractivity contribution in [1.82, 2.24) is 9.55 Å². The number of benzene rings is 1. The smallest absolute Gasteiger partial charge is 0.0959 e. The molecule has 1 aromatic heterocycles. The summed E-state index contributed by atoms with van der Waals surface area (Å²) < 4.78 is 1.84.